The molecule has 0 unspecified atom stereocenters. The Kier molecular flexibility index (Phi) is 0.947. The van der Waals surface area contributed by atoms with Gasteiger partial charge < -0.3 is 5.11 Å². The summed E-state index contributed by atoms with van der Waals surface area (Å²) in [5.41, 5.74) is 1.01. The molecule has 2 aromatic rings. The molecule has 2 rings (SSSR count). The van der Waals surface area contributed by atoms with Crippen LogP contribution in [0.3, 0.4) is 0 Å². The Bertz CT molecular complexity index is 351. The molecule has 2 aromatic heterocycles. The van der Waals surface area contributed by atoms with Gasteiger partial charge in [0, 0.05) is 11.7 Å². The lowest BCUT2D eigenvalue weighted by atomic mass is 10.4. The Morgan fingerprint density at radius 3 is 2.70 bits per heavy atom. The molecule has 2 heterocycles. The van der Waals surface area contributed by atoms with E-state index in [0.717, 1.165) is 5.52 Å². The van der Waals surface area contributed by atoms with Crippen molar-refractivity contribution >= 4 is 5.52 Å². The summed E-state index contributed by atoms with van der Waals surface area (Å²) in [6, 6.07) is 9.27. The number of rotatable bonds is 0. The average molecular weight is 133 g/mol. The van der Waals surface area contributed by atoms with Crippen LogP contribution in [-0.2, 0) is 0 Å². The fourth-order valence-electron chi connectivity index (χ4n) is 1.05. The van der Waals surface area contributed by atoms with Gasteiger partial charge in [-0.05, 0) is 24.3 Å². The molecule has 2 heteroatoms. The largest absolute Gasteiger partial charge is 0.494 e. The van der Waals surface area contributed by atoms with Gasteiger partial charge in [-0.1, -0.05) is 6.07 Å². The number of aromatic nitrogens is 1. The smallest absolute Gasteiger partial charge is 0.195 e. The van der Waals surface area contributed by atoms with E-state index in [0.29, 0.717) is 0 Å². The van der Waals surface area contributed by atoms with E-state index in [4.69, 9.17) is 0 Å². The molecule has 0 aliphatic rings. The average Bonchev–Trinajstić information content (AvgIpc) is 2.36. The minimum absolute atomic E-state index is 0.280. The van der Waals surface area contributed by atoms with Crippen molar-refractivity contribution in [2.24, 2.45) is 0 Å². The molecular formula is C8H7NO. The zero-order chi connectivity index (χ0) is 6.97. The van der Waals surface area contributed by atoms with Gasteiger partial charge in [0.05, 0.1) is 0 Å². The summed E-state index contributed by atoms with van der Waals surface area (Å²) in [5.74, 6) is 0.280. The second-order valence-corrected chi connectivity index (χ2v) is 2.19. The van der Waals surface area contributed by atoms with Crippen LogP contribution in [0.15, 0.2) is 36.5 Å². The monoisotopic (exact) mass is 133 g/mol. The Morgan fingerprint density at radius 2 is 1.90 bits per heavy atom. The van der Waals surface area contributed by atoms with Gasteiger partial charge in [0.15, 0.2) is 5.88 Å². The molecule has 0 amide bonds. The van der Waals surface area contributed by atoms with E-state index >= 15 is 0 Å². The minimum atomic E-state index is 0.280. The van der Waals surface area contributed by atoms with E-state index in [2.05, 4.69) is 0 Å². The van der Waals surface area contributed by atoms with Crippen molar-refractivity contribution in [3.63, 3.8) is 0 Å². The highest BCUT2D eigenvalue weighted by Crippen LogP contribution is 2.12. The third-order valence-corrected chi connectivity index (χ3v) is 1.54. The predicted molar refractivity (Wildman–Crippen MR) is 39.1 cm³/mol. The van der Waals surface area contributed by atoms with Crippen LogP contribution in [0.4, 0.5) is 0 Å². The third kappa shape index (κ3) is 0.589. The highest BCUT2D eigenvalue weighted by molar-refractivity contribution is 5.49. The van der Waals surface area contributed by atoms with Crippen molar-refractivity contribution in [1.29, 1.82) is 0 Å². The molecule has 0 radical (unpaired) electrons. The van der Waals surface area contributed by atoms with Crippen molar-refractivity contribution in [2.75, 3.05) is 0 Å². The fourth-order valence-corrected chi connectivity index (χ4v) is 1.05. The first-order chi connectivity index (χ1) is 4.88. The molecule has 50 valence electrons. The molecule has 0 spiro atoms. The number of hydrogen-bond acceptors (Lipinski definition) is 1. The molecule has 0 aliphatic carbocycles. The summed E-state index contributed by atoms with van der Waals surface area (Å²) in [4.78, 5) is 0. The van der Waals surface area contributed by atoms with E-state index in [-0.39, 0.29) is 5.88 Å². The van der Waals surface area contributed by atoms with Gasteiger partial charge in [-0.15, -0.1) is 0 Å². The summed E-state index contributed by atoms with van der Waals surface area (Å²) in [5, 5.41) is 9.22. The molecule has 0 atom stereocenters. The maximum atomic E-state index is 9.22. The van der Waals surface area contributed by atoms with E-state index in [1.165, 1.54) is 0 Å². The highest BCUT2D eigenvalue weighted by atomic mass is 16.3. The van der Waals surface area contributed by atoms with Crippen molar-refractivity contribution in [1.82, 2.24) is 4.40 Å². The molecule has 0 aliphatic heterocycles. The van der Waals surface area contributed by atoms with E-state index in [1.807, 2.05) is 30.5 Å². The lowest BCUT2D eigenvalue weighted by Gasteiger charge is -1.95. The van der Waals surface area contributed by atoms with Crippen LogP contribution in [0.25, 0.3) is 5.52 Å². The van der Waals surface area contributed by atoms with Crippen molar-refractivity contribution < 1.29 is 5.11 Å². The predicted octanol–water partition coefficient (Wildman–Crippen LogP) is 1.64. The Balaban J connectivity index is 2.95. The summed E-state index contributed by atoms with van der Waals surface area (Å²) < 4.78 is 1.72. The second-order valence-electron chi connectivity index (χ2n) is 2.19. The number of fused-ring (bicyclic) bond motifs is 1. The summed E-state index contributed by atoms with van der Waals surface area (Å²) in [6.45, 7) is 0. The standard InChI is InChI=1S/C8H7NO/c10-8-5-1-3-7-4-2-6-9(7)8/h1-6,10H. The van der Waals surface area contributed by atoms with E-state index in [1.54, 1.807) is 10.5 Å². The molecular weight excluding hydrogens is 126 g/mol. The van der Waals surface area contributed by atoms with Gasteiger partial charge in [-0.2, -0.15) is 0 Å². The maximum Gasteiger partial charge on any atom is 0.195 e. The molecule has 0 aromatic carbocycles. The van der Waals surface area contributed by atoms with Crippen LogP contribution in [0.5, 0.6) is 5.88 Å². The molecule has 2 nitrogen and oxygen atoms in total. The number of hydrogen-bond donors (Lipinski definition) is 1. The zero-order valence-electron chi connectivity index (χ0n) is 5.36. The zero-order valence-corrected chi connectivity index (χ0v) is 5.36. The number of pyridine rings is 1. The first-order valence-corrected chi connectivity index (χ1v) is 3.13. The number of nitrogens with zero attached hydrogens (tertiary/aromatic N) is 1. The second kappa shape index (κ2) is 1.77. The highest BCUT2D eigenvalue weighted by Gasteiger charge is 1.93. The third-order valence-electron chi connectivity index (χ3n) is 1.54. The van der Waals surface area contributed by atoms with E-state index in [9.17, 15) is 5.11 Å². The van der Waals surface area contributed by atoms with Crippen molar-refractivity contribution in [3.05, 3.63) is 36.5 Å². The molecule has 0 fully saturated rings. The summed E-state index contributed by atoms with van der Waals surface area (Å²) >= 11 is 0. The van der Waals surface area contributed by atoms with Crippen LogP contribution in [0, 0.1) is 0 Å². The van der Waals surface area contributed by atoms with Gasteiger partial charge in [0.1, 0.15) is 0 Å². The van der Waals surface area contributed by atoms with Crippen LogP contribution in [-0.4, -0.2) is 9.51 Å². The quantitative estimate of drug-likeness (QED) is 0.580. The summed E-state index contributed by atoms with van der Waals surface area (Å²) in [7, 11) is 0. The lowest BCUT2D eigenvalue weighted by molar-refractivity contribution is 0.446. The first kappa shape index (κ1) is 5.35. The van der Waals surface area contributed by atoms with Crippen LogP contribution < -0.4 is 0 Å². The van der Waals surface area contributed by atoms with Gasteiger partial charge in [0.25, 0.3) is 0 Å². The van der Waals surface area contributed by atoms with Crippen LogP contribution >= 0.6 is 0 Å². The molecule has 0 bridgehead atoms. The molecule has 0 saturated heterocycles. The molecule has 10 heavy (non-hydrogen) atoms. The topological polar surface area (TPSA) is 24.6 Å². The normalized spacial score (nSPS) is 10.4. The van der Waals surface area contributed by atoms with Gasteiger partial charge in [0.2, 0.25) is 0 Å². The molecule has 0 saturated carbocycles. The van der Waals surface area contributed by atoms with Crippen molar-refractivity contribution in [3.8, 4) is 5.88 Å². The van der Waals surface area contributed by atoms with Crippen LogP contribution in [0.1, 0.15) is 0 Å². The first-order valence-electron chi connectivity index (χ1n) is 3.13. The van der Waals surface area contributed by atoms with Gasteiger partial charge in [-0.3, -0.25) is 4.40 Å². The van der Waals surface area contributed by atoms with Gasteiger partial charge in [-0.25, -0.2) is 0 Å². The molecule has 1 N–H and O–H groups in total. The fraction of sp³-hybridized carbons (Fsp3) is 0. The Hall–Kier alpha value is -1.44. The van der Waals surface area contributed by atoms with Crippen molar-refractivity contribution in [2.45, 2.75) is 0 Å². The van der Waals surface area contributed by atoms with Crippen LogP contribution in [0.2, 0.25) is 0 Å². The van der Waals surface area contributed by atoms with Gasteiger partial charge >= 0.3 is 0 Å². The lowest BCUT2D eigenvalue weighted by Crippen LogP contribution is -1.80. The maximum absolute atomic E-state index is 9.22. The minimum Gasteiger partial charge on any atom is -0.494 e. The van der Waals surface area contributed by atoms with E-state index < -0.39 is 0 Å². The Morgan fingerprint density at radius 1 is 1.10 bits per heavy atom. The Labute approximate surface area is 58.3 Å². The SMILES string of the molecule is Oc1cccc2cccn12. The summed E-state index contributed by atoms with van der Waals surface area (Å²) in [6.07, 6.45) is 1.82. The number of aromatic hydroxyl groups is 1.